The molecule has 1 unspecified atom stereocenters. The van der Waals surface area contributed by atoms with Gasteiger partial charge in [0.1, 0.15) is 12.4 Å². The van der Waals surface area contributed by atoms with Gasteiger partial charge in [0.15, 0.2) is 0 Å². The van der Waals surface area contributed by atoms with Crippen LogP contribution >= 0.6 is 11.6 Å². The van der Waals surface area contributed by atoms with E-state index in [9.17, 15) is 0 Å². The predicted molar refractivity (Wildman–Crippen MR) is 73.3 cm³/mol. The Labute approximate surface area is 113 Å². The summed E-state index contributed by atoms with van der Waals surface area (Å²) in [5.74, 6) is 0.763. The van der Waals surface area contributed by atoms with Gasteiger partial charge in [-0.15, -0.1) is 0 Å². The molecule has 0 spiro atoms. The van der Waals surface area contributed by atoms with Gasteiger partial charge < -0.3 is 15.2 Å². The van der Waals surface area contributed by atoms with Crippen LogP contribution in [0.1, 0.15) is 24.8 Å². The maximum Gasteiger partial charge on any atom is 0.141 e. The van der Waals surface area contributed by atoms with Crippen LogP contribution < -0.4 is 10.5 Å². The number of nitrogens with two attached hydrogens (primary N) is 1. The highest BCUT2D eigenvalue weighted by atomic mass is 35.5. The van der Waals surface area contributed by atoms with E-state index in [1.807, 2.05) is 18.2 Å². The van der Waals surface area contributed by atoms with E-state index in [0.29, 0.717) is 18.2 Å². The van der Waals surface area contributed by atoms with Crippen molar-refractivity contribution in [3.63, 3.8) is 0 Å². The average molecular weight is 270 g/mol. The van der Waals surface area contributed by atoms with Crippen molar-refractivity contribution in [1.82, 2.24) is 0 Å². The summed E-state index contributed by atoms with van der Waals surface area (Å²) in [6.07, 6.45) is 4.41. The number of rotatable bonds is 5. The third kappa shape index (κ3) is 3.61. The second-order valence-electron chi connectivity index (χ2n) is 4.57. The minimum Gasteiger partial charge on any atom is -0.489 e. The molecule has 0 bridgehead atoms. The first kappa shape index (κ1) is 13.7. The third-order valence-corrected chi connectivity index (χ3v) is 3.45. The van der Waals surface area contributed by atoms with E-state index in [0.717, 1.165) is 37.2 Å². The molecule has 18 heavy (non-hydrogen) atoms. The van der Waals surface area contributed by atoms with Crippen molar-refractivity contribution >= 4 is 11.6 Å². The van der Waals surface area contributed by atoms with Gasteiger partial charge in [-0.25, -0.2) is 0 Å². The van der Waals surface area contributed by atoms with E-state index in [-0.39, 0.29) is 6.10 Å². The smallest absolute Gasteiger partial charge is 0.141 e. The minimum absolute atomic E-state index is 0.195. The van der Waals surface area contributed by atoms with Crippen molar-refractivity contribution in [3.05, 3.63) is 28.8 Å². The zero-order valence-corrected chi connectivity index (χ0v) is 11.3. The van der Waals surface area contributed by atoms with Crippen molar-refractivity contribution in [2.45, 2.75) is 31.8 Å². The van der Waals surface area contributed by atoms with Crippen LogP contribution in [0.4, 0.5) is 0 Å². The maximum atomic E-state index is 6.18. The monoisotopic (exact) mass is 269 g/mol. The van der Waals surface area contributed by atoms with Gasteiger partial charge in [-0.1, -0.05) is 23.7 Å². The molecule has 0 amide bonds. The number of ether oxygens (including phenoxy) is 2. The van der Waals surface area contributed by atoms with Crippen molar-refractivity contribution in [2.24, 2.45) is 5.73 Å². The first-order valence-electron chi connectivity index (χ1n) is 6.53. The van der Waals surface area contributed by atoms with Gasteiger partial charge >= 0.3 is 0 Å². The quantitative estimate of drug-likeness (QED) is 0.894. The molecule has 0 aliphatic carbocycles. The summed E-state index contributed by atoms with van der Waals surface area (Å²) >= 11 is 6.18. The number of hydrogen-bond donors (Lipinski definition) is 1. The minimum atomic E-state index is 0.195. The molecule has 1 aliphatic rings. The molecule has 2 rings (SSSR count). The van der Waals surface area contributed by atoms with E-state index < -0.39 is 0 Å². The van der Waals surface area contributed by atoms with Crippen LogP contribution in [-0.2, 0) is 11.2 Å². The summed E-state index contributed by atoms with van der Waals surface area (Å²) in [5, 5.41) is 0.650. The Morgan fingerprint density at radius 3 is 3.00 bits per heavy atom. The fourth-order valence-electron chi connectivity index (χ4n) is 2.18. The van der Waals surface area contributed by atoms with Crippen LogP contribution in [0.2, 0.25) is 5.02 Å². The number of hydrogen-bond acceptors (Lipinski definition) is 3. The second kappa shape index (κ2) is 6.98. The Kier molecular flexibility index (Phi) is 5.29. The van der Waals surface area contributed by atoms with Crippen molar-refractivity contribution < 1.29 is 9.47 Å². The lowest BCUT2D eigenvalue weighted by Gasteiger charge is -2.23. The Balaban J connectivity index is 1.98. The summed E-state index contributed by atoms with van der Waals surface area (Å²) < 4.78 is 11.5. The summed E-state index contributed by atoms with van der Waals surface area (Å²) in [7, 11) is 0. The standard InChI is InChI=1S/C14H20ClNO2/c15-13-6-3-4-11(7-8-16)14(13)18-10-12-5-1-2-9-17-12/h3-4,6,12H,1-2,5,7-10,16H2. The van der Waals surface area contributed by atoms with Gasteiger partial charge in [0.05, 0.1) is 11.1 Å². The summed E-state index contributed by atoms with van der Waals surface area (Å²) in [6.45, 7) is 2.00. The fourth-order valence-corrected chi connectivity index (χ4v) is 2.43. The maximum absolute atomic E-state index is 6.18. The lowest BCUT2D eigenvalue weighted by Crippen LogP contribution is -2.26. The molecule has 0 saturated carbocycles. The highest BCUT2D eigenvalue weighted by Gasteiger charge is 2.16. The molecule has 100 valence electrons. The molecular weight excluding hydrogens is 250 g/mol. The van der Waals surface area contributed by atoms with Gasteiger partial charge in [0.25, 0.3) is 0 Å². The number of para-hydroxylation sites is 1. The molecule has 1 heterocycles. The molecular formula is C14H20ClNO2. The Hall–Kier alpha value is -0.770. The number of halogens is 1. The molecule has 1 aliphatic heterocycles. The van der Waals surface area contributed by atoms with E-state index in [4.69, 9.17) is 26.8 Å². The topological polar surface area (TPSA) is 44.5 Å². The van der Waals surface area contributed by atoms with Gasteiger partial charge in [0, 0.05) is 6.61 Å². The largest absolute Gasteiger partial charge is 0.489 e. The number of benzene rings is 1. The average Bonchev–Trinajstić information content (AvgIpc) is 2.40. The van der Waals surface area contributed by atoms with Crippen LogP contribution in [0.15, 0.2) is 18.2 Å². The van der Waals surface area contributed by atoms with Crippen LogP contribution in [-0.4, -0.2) is 25.9 Å². The highest BCUT2D eigenvalue weighted by Crippen LogP contribution is 2.29. The van der Waals surface area contributed by atoms with Crippen LogP contribution in [0.5, 0.6) is 5.75 Å². The molecule has 0 aromatic heterocycles. The normalized spacial score (nSPS) is 19.8. The van der Waals surface area contributed by atoms with Gasteiger partial charge in [-0.05, 0) is 43.9 Å². The van der Waals surface area contributed by atoms with Crippen LogP contribution in [0, 0.1) is 0 Å². The van der Waals surface area contributed by atoms with E-state index in [2.05, 4.69) is 0 Å². The molecule has 1 saturated heterocycles. The molecule has 1 fully saturated rings. The lowest BCUT2D eigenvalue weighted by molar-refractivity contribution is -0.0112. The Morgan fingerprint density at radius 2 is 2.28 bits per heavy atom. The van der Waals surface area contributed by atoms with E-state index >= 15 is 0 Å². The molecule has 1 aromatic rings. The van der Waals surface area contributed by atoms with Crippen molar-refractivity contribution in [1.29, 1.82) is 0 Å². The Morgan fingerprint density at radius 1 is 1.39 bits per heavy atom. The van der Waals surface area contributed by atoms with Gasteiger partial charge in [-0.3, -0.25) is 0 Å². The van der Waals surface area contributed by atoms with Crippen molar-refractivity contribution in [2.75, 3.05) is 19.8 Å². The second-order valence-corrected chi connectivity index (χ2v) is 4.97. The fraction of sp³-hybridized carbons (Fsp3) is 0.571. The Bertz CT molecular complexity index is 378. The molecule has 1 aromatic carbocycles. The lowest BCUT2D eigenvalue weighted by atomic mass is 10.1. The van der Waals surface area contributed by atoms with Crippen LogP contribution in [0.25, 0.3) is 0 Å². The van der Waals surface area contributed by atoms with E-state index in [1.54, 1.807) is 0 Å². The summed E-state index contributed by atoms with van der Waals surface area (Å²) in [5.41, 5.74) is 6.67. The van der Waals surface area contributed by atoms with Crippen molar-refractivity contribution in [3.8, 4) is 5.75 Å². The molecule has 1 atom stereocenters. The molecule has 2 N–H and O–H groups in total. The first-order chi connectivity index (χ1) is 8.81. The van der Waals surface area contributed by atoms with Gasteiger partial charge in [0.2, 0.25) is 0 Å². The molecule has 4 heteroatoms. The highest BCUT2D eigenvalue weighted by molar-refractivity contribution is 6.32. The zero-order valence-electron chi connectivity index (χ0n) is 10.5. The van der Waals surface area contributed by atoms with E-state index in [1.165, 1.54) is 6.42 Å². The molecule has 0 radical (unpaired) electrons. The van der Waals surface area contributed by atoms with Crippen LogP contribution in [0.3, 0.4) is 0 Å². The van der Waals surface area contributed by atoms with Gasteiger partial charge in [-0.2, -0.15) is 0 Å². The summed E-state index contributed by atoms with van der Waals surface area (Å²) in [4.78, 5) is 0. The zero-order chi connectivity index (χ0) is 12.8. The first-order valence-corrected chi connectivity index (χ1v) is 6.91. The molecule has 3 nitrogen and oxygen atoms in total. The third-order valence-electron chi connectivity index (χ3n) is 3.15. The summed E-state index contributed by atoms with van der Waals surface area (Å²) in [6, 6.07) is 5.78. The SMILES string of the molecule is NCCc1cccc(Cl)c1OCC1CCCCO1. The predicted octanol–water partition coefficient (Wildman–Crippen LogP) is 2.79.